The second-order valence-electron chi connectivity index (χ2n) is 5.16. The van der Waals surface area contributed by atoms with Crippen LogP contribution in [0.5, 0.6) is 0 Å². The number of rotatable bonds is 2. The average Bonchev–Trinajstić information content (AvgIpc) is 2.58. The monoisotopic (exact) mass is 343 g/mol. The average molecular weight is 343 g/mol. The molecule has 1 aromatic rings. The number of benzene rings is 1. The van der Waals surface area contributed by atoms with Gasteiger partial charge in [0.05, 0.1) is 11.0 Å². The van der Waals surface area contributed by atoms with E-state index in [-0.39, 0.29) is 23.0 Å². The summed E-state index contributed by atoms with van der Waals surface area (Å²) in [6, 6.07) is 2.65. The molecular weight excluding hydrogens is 332 g/mol. The van der Waals surface area contributed by atoms with E-state index in [9.17, 15) is 31.1 Å². The Morgan fingerprint density at radius 2 is 1.77 bits per heavy atom. The minimum absolute atomic E-state index is 0.00917. The van der Waals surface area contributed by atoms with E-state index in [0.29, 0.717) is 0 Å². The third kappa shape index (κ3) is 2.90. The van der Waals surface area contributed by atoms with Gasteiger partial charge in [0.25, 0.3) is 0 Å². The number of amides is 1. The smallest absolute Gasteiger partial charge is 0.314 e. The van der Waals surface area contributed by atoms with Crippen molar-refractivity contribution < 1.29 is 31.1 Å². The predicted octanol–water partition coefficient (Wildman–Crippen LogP) is 4.19. The Morgan fingerprint density at radius 3 is 2.27 bits per heavy atom. The Kier molecular flexibility index (Phi) is 3.92. The molecule has 0 saturated heterocycles. The number of halogens is 6. The number of carbonyl (C=O) groups is 1. The standard InChI is InChI=1S/C13H11F6NOS/c1-11(6-22-13(17,18)19)8-4-3-7(12(14,15)16)5-9(8)20(2)10(11)21/h3-5H,6H2,1-2H3. The molecule has 122 valence electrons. The molecule has 0 N–H and O–H groups in total. The Bertz CT molecular complexity index is 612. The van der Waals surface area contributed by atoms with E-state index in [4.69, 9.17) is 0 Å². The van der Waals surface area contributed by atoms with Crippen molar-refractivity contribution in [2.24, 2.45) is 0 Å². The number of nitrogens with zero attached hydrogens (tertiary/aromatic N) is 1. The van der Waals surface area contributed by atoms with Gasteiger partial charge in [-0.2, -0.15) is 26.3 Å². The van der Waals surface area contributed by atoms with Crippen LogP contribution in [0.3, 0.4) is 0 Å². The van der Waals surface area contributed by atoms with Gasteiger partial charge >= 0.3 is 11.7 Å². The number of hydrogen-bond donors (Lipinski definition) is 0. The molecule has 1 heterocycles. The summed E-state index contributed by atoms with van der Waals surface area (Å²) in [5.74, 6) is -1.24. The predicted molar refractivity (Wildman–Crippen MR) is 70.7 cm³/mol. The molecule has 2 nitrogen and oxygen atoms in total. The zero-order valence-electron chi connectivity index (χ0n) is 11.5. The van der Waals surface area contributed by atoms with E-state index in [0.717, 1.165) is 23.1 Å². The van der Waals surface area contributed by atoms with Crippen LogP contribution in [0.1, 0.15) is 18.1 Å². The molecule has 1 unspecified atom stereocenters. The summed E-state index contributed by atoms with van der Waals surface area (Å²) in [7, 11) is 1.25. The first kappa shape index (κ1) is 17.0. The first-order chi connectivity index (χ1) is 9.86. The van der Waals surface area contributed by atoms with Crippen molar-refractivity contribution in [1.29, 1.82) is 0 Å². The molecule has 1 atom stereocenters. The Balaban J connectivity index is 2.44. The molecule has 0 aliphatic carbocycles. The van der Waals surface area contributed by atoms with Crippen LogP contribution < -0.4 is 4.90 Å². The highest BCUT2D eigenvalue weighted by Crippen LogP contribution is 2.47. The van der Waals surface area contributed by atoms with Gasteiger partial charge in [-0.15, -0.1) is 0 Å². The number of fused-ring (bicyclic) bond motifs is 1. The van der Waals surface area contributed by atoms with E-state index in [1.807, 2.05) is 0 Å². The van der Waals surface area contributed by atoms with E-state index in [2.05, 4.69) is 0 Å². The number of carbonyl (C=O) groups excluding carboxylic acids is 1. The molecule has 0 spiro atoms. The van der Waals surface area contributed by atoms with Crippen LogP contribution in [0.25, 0.3) is 0 Å². The molecular formula is C13H11F6NOS. The molecule has 0 bridgehead atoms. The zero-order chi connectivity index (χ0) is 16.9. The summed E-state index contributed by atoms with van der Waals surface area (Å²) >= 11 is -0.361. The topological polar surface area (TPSA) is 20.3 Å². The summed E-state index contributed by atoms with van der Waals surface area (Å²) in [5.41, 5.74) is -6.81. The van der Waals surface area contributed by atoms with Gasteiger partial charge in [-0.05, 0) is 36.4 Å². The van der Waals surface area contributed by atoms with Crippen molar-refractivity contribution in [3.8, 4) is 0 Å². The van der Waals surface area contributed by atoms with Gasteiger partial charge in [0.2, 0.25) is 5.91 Å². The maximum Gasteiger partial charge on any atom is 0.441 e. The van der Waals surface area contributed by atoms with Gasteiger partial charge in [0.1, 0.15) is 0 Å². The lowest BCUT2D eigenvalue weighted by Gasteiger charge is -2.23. The fraction of sp³-hybridized carbons (Fsp3) is 0.462. The van der Waals surface area contributed by atoms with Crippen molar-refractivity contribution in [2.45, 2.75) is 24.0 Å². The first-order valence-corrected chi connectivity index (χ1v) is 7.05. The molecule has 2 rings (SSSR count). The van der Waals surface area contributed by atoms with Gasteiger partial charge in [0.15, 0.2) is 0 Å². The third-order valence-electron chi connectivity index (χ3n) is 3.58. The van der Waals surface area contributed by atoms with E-state index < -0.39 is 34.3 Å². The number of thioether (sulfide) groups is 1. The molecule has 1 aromatic carbocycles. The van der Waals surface area contributed by atoms with Crippen molar-refractivity contribution in [1.82, 2.24) is 0 Å². The van der Waals surface area contributed by atoms with Gasteiger partial charge in [-0.1, -0.05) is 6.07 Å². The molecule has 1 aliphatic heterocycles. The molecule has 0 radical (unpaired) electrons. The SMILES string of the molecule is CN1C(=O)C(C)(CSC(F)(F)F)c2ccc(C(F)(F)F)cc21. The first-order valence-electron chi connectivity index (χ1n) is 6.07. The van der Waals surface area contributed by atoms with E-state index in [1.54, 1.807) is 0 Å². The number of anilines is 1. The second-order valence-corrected chi connectivity index (χ2v) is 6.20. The molecule has 1 aliphatic rings. The van der Waals surface area contributed by atoms with Crippen LogP contribution >= 0.6 is 11.8 Å². The van der Waals surface area contributed by atoms with Crippen molar-refractivity contribution in [3.63, 3.8) is 0 Å². The van der Waals surface area contributed by atoms with Crippen LogP contribution in [-0.4, -0.2) is 24.2 Å². The summed E-state index contributed by atoms with van der Waals surface area (Å²) in [4.78, 5) is 13.2. The molecule has 0 fully saturated rings. The Labute approximate surface area is 126 Å². The summed E-state index contributed by atoms with van der Waals surface area (Å²) < 4.78 is 75.3. The molecule has 22 heavy (non-hydrogen) atoms. The maximum absolute atomic E-state index is 12.7. The second kappa shape index (κ2) is 5.07. The lowest BCUT2D eigenvalue weighted by atomic mass is 9.85. The van der Waals surface area contributed by atoms with Gasteiger partial charge in [-0.3, -0.25) is 4.79 Å². The normalized spacial score (nSPS) is 22.2. The highest BCUT2D eigenvalue weighted by molar-refractivity contribution is 8.00. The number of hydrogen-bond acceptors (Lipinski definition) is 2. The lowest BCUT2D eigenvalue weighted by molar-refractivity contribution is -0.137. The van der Waals surface area contributed by atoms with Crippen molar-refractivity contribution in [3.05, 3.63) is 29.3 Å². The fourth-order valence-electron chi connectivity index (χ4n) is 2.41. The minimum Gasteiger partial charge on any atom is -0.314 e. The van der Waals surface area contributed by atoms with Crippen LogP contribution in [-0.2, 0) is 16.4 Å². The minimum atomic E-state index is -4.58. The zero-order valence-corrected chi connectivity index (χ0v) is 12.3. The summed E-state index contributed by atoms with van der Waals surface area (Å²) in [6.45, 7) is 1.31. The molecule has 0 aromatic heterocycles. The lowest BCUT2D eigenvalue weighted by Crippen LogP contribution is -2.38. The third-order valence-corrected chi connectivity index (χ3v) is 4.63. The van der Waals surface area contributed by atoms with Gasteiger partial charge < -0.3 is 4.90 Å². The largest absolute Gasteiger partial charge is 0.441 e. The maximum atomic E-state index is 12.7. The Morgan fingerprint density at radius 1 is 1.18 bits per heavy atom. The summed E-state index contributed by atoms with van der Waals surface area (Å²) in [6.07, 6.45) is -4.58. The molecule has 1 amide bonds. The van der Waals surface area contributed by atoms with Crippen LogP contribution in [0.4, 0.5) is 32.0 Å². The number of alkyl halides is 6. The number of likely N-dealkylation sites (N-methyl/N-ethyl adjacent to an activating group) is 1. The Hall–Kier alpha value is -1.38. The van der Waals surface area contributed by atoms with Crippen LogP contribution in [0.2, 0.25) is 0 Å². The van der Waals surface area contributed by atoms with Crippen molar-refractivity contribution in [2.75, 3.05) is 17.7 Å². The van der Waals surface area contributed by atoms with Gasteiger partial charge in [0, 0.05) is 18.5 Å². The quantitative estimate of drug-likeness (QED) is 0.751. The van der Waals surface area contributed by atoms with Gasteiger partial charge in [-0.25, -0.2) is 0 Å². The van der Waals surface area contributed by atoms with E-state index >= 15 is 0 Å². The highest BCUT2D eigenvalue weighted by atomic mass is 32.2. The molecule has 9 heteroatoms. The fourth-order valence-corrected chi connectivity index (χ4v) is 3.14. The van der Waals surface area contributed by atoms with E-state index in [1.165, 1.54) is 14.0 Å². The molecule has 0 saturated carbocycles. The van der Waals surface area contributed by atoms with Crippen LogP contribution in [0, 0.1) is 0 Å². The van der Waals surface area contributed by atoms with Crippen molar-refractivity contribution >= 4 is 23.4 Å². The summed E-state index contributed by atoms with van der Waals surface area (Å²) in [5, 5.41) is 0. The van der Waals surface area contributed by atoms with Crippen LogP contribution in [0.15, 0.2) is 18.2 Å². The highest BCUT2D eigenvalue weighted by Gasteiger charge is 2.49.